The molecule has 0 bridgehead atoms. The van der Waals surface area contributed by atoms with Gasteiger partial charge in [0, 0.05) is 24.9 Å². The van der Waals surface area contributed by atoms with Crippen LogP contribution in [0.2, 0.25) is 0 Å². The number of esters is 1. The summed E-state index contributed by atoms with van der Waals surface area (Å²) in [4.78, 5) is 32.3. The van der Waals surface area contributed by atoms with Crippen LogP contribution >= 0.6 is 11.3 Å². The normalized spacial score (nSPS) is 10.7. The van der Waals surface area contributed by atoms with Crippen molar-refractivity contribution >= 4 is 44.7 Å². The van der Waals surface area contributed by atoms with E-state index in [1.165, 1.54) is 36.9 Å². The third kappa shape index (κ3) is 4.01. The molecule has 140 valence electrons. The second kappa shape index (κ2) is 8.06. The van der Waals surface area contributed by atoms with Gasteiger partial charge in [0.2, 0.25) is 0 Å². The van der Waals surface area contributed by atoms with Crippen molar-refractivity contribution in [2.45, 2.75) is 6.92 Å². The number of benzene rings is 1. The predicted molar refractivity (Wildman–Crippen MR) is 101 cm³/mol. The first-order valence-corrected chi connectivity index (χ1v) is 8.74. The molecule has 0 aliphatic carbocycles. The smallest absolute Gasteiger partial charge is 0.348 e. The number of rotatable bonds is 7. The van der Waals surface area contributed by atoms with Gasteiger partial charge in [-0.2, -0.15) is 0 Å². The van der Waals surface area contributed by atoms with Gasteiger partial charge in [0.15, 0.2) is 0 Å². The van der Waals surface area contributed by atoms with E-state index in [-0.39, 0.29) is 12.3 Å². The zero-order valence-electron chi connectivity index (χ0n) is 14.6. The molecule has 9 nitrogen and oxygen atoms in total. The van der Waals surface area contributed by atoms with E-state index in [1.54, 1.807) is 19.1 Å². The summed E-state index contributed by atoms with van der Waals surface area (Å²) < 4.78 is 10.1. The molecule has 0 fully saturated rings. The SMILES string of the molecule is COCCOC(=O)c1sc2ncnc(Nc3cccc([N+](=O)[O-])c3)c2c1C. The number of hydrogen-bond acceptors (Lipinski definition) is 9. The number of carbonyl (C=O) groups is 1. The van der Waals surface area contributed by atoms with Gasteiger partial charge in [-0.3, -0.25) is 10.1 Å². The molecule has 0 atom stereocenters. The molecule has 3 rings (SSSR count). The van der Waals surface area contributed by atoms with Crippen LogP contribution in [0.1, 0.15) is 15.2 Å². The highest BCUT2D eigenvalue weighted by atomic mass is 32.1. The summed E-state index contributed by atoms with van der Waals surface area (Å²) in [5.41, 5.74) is 1.17. The number of nitro groups is 1. The number of aryl methyl sites for hydroxylation is 1. The minimum Gasteiger partial charge on any atom is -0.459 e. The molecule has 0 aliphatic rings. The monoisotopic (exact) mass is 388 g/mol. The molecule has 10 heteroatoms. The van der Waals surface area contributed by atoms with E-state index in [9.17, 15) is 14.9 Å². The van der Waals surface area contributed by atoms with E-state index in [0.717, 1.165) is 0 Å². The van der Waals surface area contributed by atoms with Gasteiger partial charge >= 0.3 is 5.97 Å². The van der Waals surface area contributed by atoms with E-state index in [1.807, 2.05) is 0 Å². The van der Waals surface area contributed by atoms with Crippen LogP contribution in [0.5, 0.6) is 0 Å². The largest absolute Gasteiger partial charge is 0.459 e. The lowest BCUT2D eigenvalue weighted by molar-refractivity contribution is -0.384. The van der Waals surface area contributed by atoms with Crippen molar-refractivity contribution in [2.75, 3.05) is 25.6 Å². The van der Waals surface area contributed by atoms with Crippen LogP contribution in [0, 0.1) is 17.0 Å². The summed E-state index contributed by atoms with van der Waals surface area (Å²) >= 11 is 1.21. The highest BCUT2D eigenvalue weighted by molar-refractivity contribution is 7.20. The lowest BCUT2D eigenvalue weighted by Gasteiger charge is -2.07. The van der Waals surface area contributed by atoms with E-state index >= 15 is 0 Å². The van der Waals surface area contributed by atoms with E-state index in [2.05, 4.69) is 15.3 Å². The minimum absolute atomic E-state index is 0.0326. The maximum Gasteiger partial charge on any atom is 0.348 e. The maximum atomic E-state index is 12.3. The molecule has 2 aromatic heterocycles. The number of nitrogens with zero attached hydrogens (tertiary/aromatic N) is 3. The Morgan fingerprint density at radius 2 is 2.15 bits per heavy atom. The fourth-order valence-electron chi connectivity index (χ4n) is 2.48. The quantitative estimate of drug-likeness (QED) is 0.283. The average molecular weight is 388 g/mol. The summed E-state index contributed by atoms with van der Waals surface area (Å²) in [6, 6.07) is 6.10. The summed E-state index contributed by atoms with van der Waals surface area (Å²) in [5, 5.41) is 14.7. The number of anilines is 2. The fraction of sp³-hybridized carbons (Fsp3) is 0.235. The predicted octanol–water partition coefficient (Wildman–Crippen LogP) is 3.45. The number of thiophene rings is 1. The molecule has 0 aliphatic heterocycles. The number of methoxy groups -OCH3 is 1. The van der Waals surface area contributed by atoms with Crippen molar-refractivity contribution in [3.05, 3.63) is 51.1 Å². The molecular formula is C17H16N4O5S. The fourth-order valence-corrected chi connectivity index (χ4v) is 3.52. The van der Waals surface area contributed by atoms with Gasteiger partial charge in [0.1, 0.15) is 28.5 Å². The molecule has 0 amide bonds. The highest BCUT2D eigenvalue weighted by Gasteiger charge is 2.20. The summed E-state index contributed by atoms with van der Waals surface area (Å²) in [7, 11) is 1.53. The summed E-state index contributed by atoms with van der Waals surface area (Å²) in [6.45, 7) is 2.26. The Morgan fingerprint density at radius 3 is 2.89 bits per heavy atom. The van der Waals surface area contributed by atoms with Gasteiger partial charge in [0.25, 0.3) is 5.69 Å². The van der Waals surface area contributed by atoms with Gasteiger partial charge in [0.05, 0.1) is 16.9 Å². The first kappa shape index (κ1) is 18.7. The molecular weight excluding hydrogens is 372 g/mol. The van der Waals surface area contributed by atoms with Crippen LogP contribution in [-0.2, 0) is 9.47 Å². The van der Waals surface area contributed by atoms with Crippen LogP contribution in [0.3, 0.4) is 0 Å². The minimum atomic E-state index is -0.468. The van der Waals surface area contributed by atoms with Crippen LogP contribution in [0.4, 0.5) is 17.2 Å². The topological polar surface area (TPSA) is 116 Å². The first-order chi connectivity index (χ1) is 13.0. The Balaban J connectivity index is 1.94. The number of carbonyl (C=O) groups excluding carboxylic acids is 1. The van der Waals surface area contributed by atoms with E-state index in [4.69, 9.17) is 9.47 Å². The molecule has 1 aromatic carbocycles. The molecule has 2 heterocycles. The van der Waals surface area contributed by atoms with Crippen LogP contribution in [-0.4, -0.2) is 41.2 Å². The Labute approximate surface area is 158 Å². The van der Waals surface area contributed by atoms with Crippen LogP contribution < -0.4 is 5.32 Å². The number of hydrogen-bond donors (Lipinski definition) is 1. The highest BCUT2D eigenvalue weighted by Crippen LogP contribution is 2.35. The van der Waals surface area contributed by atoms with Gasteiger partial charge in [-0.15, -0.1) is 11.3 Å². The molecule has 0 spiro atoms. The molecule has 27 heavy (non-hydrogen) atoms. The number of non-ortho nitro benzene ring substituents is 1. The number of aromatic nitrogens is 2. The molecule has 3 aromatic rings. The van der Waals surface area contributed by atoms with Crippen LogP contribution in [0.25, 0.3) is 10.2 Å². The number of fused-ring (bicyclic) bond motifs is 1. The van der Waals surface area contributed by atoms with Crippen molar-refractivity contribution in [3.63, 3.8) is 0 Å². The van der Waals surface area contributed by atoms with Gasteiger partial charge in [-0.25, -0.2) is 14.8 Å². The Hall–Kier alpha value is -3.11. The van der Waals surface area contributed by atoms with E-state index < -0.39 is 10.9 Å². The van der Waals surface area contributed by atoms with Crippen molar-refractivity contribution < 1.29 is 19.2 Å². The standard InChI is InChI=1S/C17H16N4O5S/c1-10-13-15(20-11-4-3-5-12(8-11)21(23)24)18-9-19-16(13)27-14(10)17(22)26-7-6-25-2/h3-5,8-9H,6-7H2,1-2H3,(H,18,19,20). The Morgan fingerprint density at radius 1 is 1.33 bits per heavy atom. The Kier molecular flexibility index (Phi) is 5.57. The number of nitro benzene ring substituents is 1. The zero-order valence-corrected chi connectivity index (χ0v) is 15.4. The van der Waals surface area contributed by atoms with Crippen molar-refractivity contribution in [1.29, 1.82) is 0 Å². The molecule has 0 radical (unpaired) electrons. The first-order valence-electron chi connectivity index (χ1n) is 7.93. The molecule has 0 unspecified atom stereocenters. The molecule has 1 N–H and O–H groups in total. The second-order valence-electron chi connectivity index (χ2n) is 5.52. The van der Waals surface area contributed by atoms with Gasteiger partial charge < -0.3 is 14.8 Å². The Bertz CT molecular complexity index is 1000. The maximum absolute atomic E-state index is 12.3. The number of nitrogens with one attached hydrogen (secondary N) is 1. The van der Waals surface area contributed by atoms with Crippen molar-refractivity contribution in [3.8, 4) is 0 Å². The third-order valence-electron chi connectivity index (χ3n) is 3.75. The average Bonchev–Trinajstić information content (AvgIpc) is 3.00. The van der Waals surface area contributed by atoms with Crippen molar-refractivity contribution in [1.82, 2.24) is 9.97 Å². The third-order valence-corrected chi connectivity index (χ3v) is 4.93. The number of ether oxygens (including phenoxy) is 2. The second-order valence-corrected chi connectivity index (χ2v) is 6.52. The van der Waals surface area contributed by atoms with Crippen molar-refractivity contribution in [2.24, 2.45) is 0 Å². The zero-order chi connectivity index (χ0) is 19.4. The lowest BCUT2D eigenvalue weighted by Crippen LogP contribution is -2.09. The molecule has 0 saturated carbocycles. The lowest BCUT2D eigenvalue weighted by atomic mass is 10.2. The van der Waals surface area contributed by atoms with Gasteiger partial charge in [-0.1, -0.05) is 6.07 Å². The molecule has 0 saturated heterocycles. The summed E-state index contributed by atoms with van der Waals surface area (Å²) in [6.07, 6.45) is 1.37. The van der Waals surface area contributed by atoms with E-state index in [0.29, 0.717) is 38.8 Å². The summed E-state index contributed by atoms with van der Waals surface area (Å²) in [5.74, 6) is 0.0130. The van der Waals surface area contributed by atoms with Gasteiger partial charge in [-0.05, 0) is 18.6 Å². The van der Waals surface area contributed by atoms with Crippen LogP contribution in [0.15, 0.2) is 30.6 Å².